The van der Waals surface area contributed by atoms with Gasteiger partial charge in [-0.05, 0) is 25.0 Å². The highest BCUT2D eigenvalue weighted by molar-refractivity contribution is 7.98. The zero-order valence-electron chi connectivity index (χ0n) is 17.6. The number of benzene rings is 2. The number of furan rings is 1. The smallest absolute Gasteiger partial charge is 0.297 e. The number of ether oxygens (including phenoxy) is 1. The third-order valence-corrected chi connectivity index (χ3v) is 6.64. The molecule has 0 N–H and O–H groups in total. The van der Waals surface area contributed by atoms with E-state index in [1.54, 1.807) is 4.57 Å². The molecule has 1 unspecified atom stereocenters. The molecule has 0 aliphatic carbocycles. The van der Waals surface area contributed by atoms with Gasteiger partial charge in [0.1, 0.15) is 11.1 Å². The second-order valence-corrected chi connectivity index (χ2v) is 8.83. The molecule has 8 nitrogen and oxygen atoms in total. The molecule has 33 heavy (non-hydrogen) atoms. The Morgan fingerprint density at radius 1 is 1.06 bits per heavy atom. The van der Waals surface area contributed by atoms with Gasteiger partial charge in [-0.1, -0.05) is 59.4 Å². The zero-order valence-corrected chi connectivity index (χ0v) is 18.5. The van der Waals surface area contributed by atoms with Crippen LogP contribution in [0, 0.1) is 0 Å². The van der Waals surface area contributed by atoms with Crippen LogP contribution in [-0.4, -0.2) is 32.4 Å². The Kier molecular flexibility index (Phi) is 5.20. The summed E-state index contributed by atoms with van der Waals surface area (Å²) in [5.74, 6) is 1.39. The van der Waals surface area contributed by atoms with Crippen LogP contribution < -0.4 is 5.56 Å². The molecule has 2 aromatic carbocycles. The monoisotopic (exact) mass is 460 g/mol. The van der Waals surface area contributed by atoms with Crippen LogP contribution in [0.5, 0.6) is 0 Å². The van der Waals surface area contributed by atoms with Crippen LogP contribution in [-0.2, 0) is 17.0 Å². The van der Waals surface area contributed by atoms with Crippen LogP contribution in [0.3, 0.4) is 0 Å². The lowest BCUT2D eigenvalue weighted by Gasteiger charge is -2.15. The van der Waals surface area contributed by atoms with Crippen LogP contribution in [0.2, 0.25) is 0 Å². The number of fused-ring (bicyclic) bond motifs is 3. The van der Waals surface area contributed by atoms with Gasteiger partial charge < -0.3 is 13.7 Å². The molecule has 0 saturated carbocycles. The number of para-hydroxylation sites is 1. The van der Waals surface area contributed by atoms with E-state index in [1.807, 2.05) is 54.6 Å². The first-order valence-electron chi connectivity index (χ1n) is 10.8. The molecule has 1 atom stereocenters. The molecular weight excluding hydrogens is 440 g/mol. The van der Waals surface area contributed by atoms with Crippen LogP contribution in [0.15, 0.2) is 73.5 Å². The fraction of sp³-hybridized carbons (Fsp3) is 0.250. The Morgan fingerprint density at radius 3 is 2.76 bits per heavy atom. The Bertz CT molecular complexity index is 1490. The third-order valence-electron chi connectivity index (χ3n) is 5.68. The molecule has 0 radical (unpaired) electrons. The zero-order chi connectivity index (χ0) is 22.2. The Balaban J connectivity index is 1.36. The molecule has 6 rings (SSSR count). The first-order valence-corrected chi connectivity index (χ1v) is 11.8. The van der Waals surface area contributed by atoms with E-state index in [4.69, 9.17) is 18.7 Å². The van der Waals surface area contributed by atoms with Gasteiger partial charge in [-0.15, -0.1) is 0 Å². The lowest BCUT2D eigenvalue weighted by Crippen LogP contribution is -2.28. The molecule has 4 heterocycles. The summed E-state index contributed by atoms with van der Waals surface area (Å²) in [4.78, 5) is 22.7. The van der Waals surface area contributed by atoms with Gasteiger partial charge in [-0.2, -0.15) is 4.98 Å². The molecule has 1 saturated heterocycles. The van der Waals surface area contributed by atoms with Crippen molar-refractivity contribution in [1.29, 1.82) is 0 Å². The first-order chi connectivity index (χ1) is 16.3. The Labute approximate surface area is 192 Å². The van der Waals surface area contributed by atoms with Crippen molar-refractivity contribution in [2.45, 2.75) is 36.4 Å². The number of hydrogen-bond acceptors (Lipinski definition) is 8. The maximum atomic E-state index is 13.4. The lowest BCUT2D eigenvalue weighted by atomic mass is 10.2. The van der Waals surface area contributed by atoms with Crippen molar-refractivity contribution in [2.24, 2.45) is 0 Å². The van der Waals surface area contributed by atoms with E-state index in [1.165, 1.54) is 11.8 Å². The highest BCUT2D eigenvalue weighted by atomic mass is 32.2. The molecule has 9 heteroatoms. The molecule has 3 aromatic heterocycles. The Morgan fingerprint density at radius 2 is 1.91 bits per heavy atom. The van der Waals surface area contributed by atoms with Gasteiger partial charge >= 0.3 is 0 Å². The number of aromatic nitrogens is 4. The average molecular weight is 461 g/mol. The predicted octanol–water partition coefficient (Wildman–Crippen LogP) is 4.66. The van der Waals surface area contributed by atoms with Crippen LogP contribution in [0.4, 0.5) is 0 Å². The SMILES string of the molecule is O=c1c2oc3ccccc3c2nc(SCc2nc(-c3ccccc3)no2)n1CC1CCCO1. The largest absolute Gasteiger partial charge is 0.448 e. The van der Waals surface area contributed by atoms with Crippen LogP contribution in [0.1, 0.15) is 18.7 Å². The summed E-state index contributed by atoms with van der Waals surface area (Å²) in [6, 6.07) is 17.2. The summed E-state index contributed by atoms with van der Waals surface area (Å²) in [6.45, 7) is 1.15. The second-order valence-electron chi connectivity index (χ2n) is 7.89. The topological polar surface area (TPSA) is 96.2 Å². The summed E-state index contributed by atoms with van der Waals surface area (Å²) in [6.07, 6.45) is 1.89. The molecule has 5 aromatic rings. The van der Waals surface area contributed by atoms with E-state index in [2.05, 4.69) is 10.1 Å². The molecule has 1 aliphatic heterocycles. The summed E-state index contributed by atoms with van der Waals surface area (Å²) >= 11 is 1.39. The summed E-state index contributed by atoms with van der Waals surface area (Å²) < 4.78 is 18.8. The fourth-order valence-corrected chi connectivity index (χ4v) is 4.90. The molecule has 1 aliphatic rings. The van der Waals surface area contributed by atoms with E-state index < -0.39 is 0 Å². The molecular formula is C24H20N4O4S. The van der Waals surface area contributed by atoms with E-state index in [0.29, 0.717) is 46.9 Å². The van der Waals surface area contributed by atoms with Crippen molar-refractivity contribution in [3.63, 3.8) is 0 Å². The number of hydrogen-bond donors (Lipinski definition) is 0. The van der Waals surface area contributed by atoms with Gasteiger partial charge in [-0.3, -0.25) is 9.36 Å². The second kappa shape index (κ2) is 8.49. The minimum absolute atomic E-state index is 0.0150. The van der Waals surface area contributed by atoms with E-state index in [9.17, 15) is 4.79 Å². The van der Waals surface area contributed by atoms with Crippen molar-refractivity contribution in [3.05, 3.63) is 70.8 Å². The van der Waals surface area contributed by atoms with Crippen LogP contribution >= 0.6 is 11.8 Å². The van der Waals surface area contributed by atoms with Gasteiger partial charge in [0.25, 0.3) is 5.56 Å². The van der Waals surface area contributed by atoms with Crippen molar-refractivity contribution < 1.29 is 13.7 Å². The molecule has 0 bridgehead atoms. The molecule has 166 valence electrons. The van der Waals surface area contributed by atoms with Gasteiger partial charge in [-0.25, -0.2) is 4.98 Å². The third kappa shape index (κ3) is 3.83. The van der Waals surface area contributed by atoms with Crippen molar-refractivity contribution in [1.82, 2.24) is 19.7 Å². The van der Waals surface area contributed by atoms with E-state index >= 15 is 0 Å². The number of thioether (sulfide) groups is 1. The summed E-state index contributed by atoms with van der Waals surface area (Å²) in [7, 11) is 0. The highest BCUT2D eigenvalue weighted by Gasteiger charge is 2.23. The minimum Gasteiger partial charge on any atom is -0.448 e. The molecule has 1 fully saturated rings. The number of rotatable bonds is 6. The standard InChI is InChI=1S/C24H20N4O4S/c29-23-21-20(17-10-4-5-11-18(17)31-21)26-24(28(23)13-16-9-6-12-30-16)33-14-19-25-22(27-32-19)15-7-2-1-3-8-15/h1-5,7-8,10-11,16H,6,9,12-14H2. The van der Waals surface area contributed by atoms with Crippen molar-refractivity contribution >= 4 is 33.8 Å². The van der Waals surface area contributed by atoms with Crippen LogP contribution in [0.25, 0.3) is 33.5 Å². The fourth-order valence-electron chi connectivity index (χ4n) is 4.06. The van der Waals surface area contributed by atoms with Gasteiger partial charge in [0, 0.05) is 17.6 Å². The van der Waals surface area contributed by atoms with Gasteiger partial charge in [0.15, 0.2) is 5.16 Å². The van der Waals surface area contributed by atoms with Gasteiger partial charge in [0.2, 0.25) is 17.3 Å². The van der Waals surface area contributed by atoms with E-state index in [-0.39, 0.29) is 17.2 Å². The van der Waals surface area contributed by atoms with Crippen molar-refractivity contribution in [2.75, 3.05) is 6.61 Å². The maximum absolute atomic E-state index is 13.4. The van der Waals surface area contributed by atoms with Crippen molar-refractivity contribution in [3.8, 4) is 11.4 Å². The molecule has 0 spiro atoms. The Hall–Kier alpha value is -3.43. The average Bonchev–Trinajstić information content (AvgIpc) is 3.61. The lowest BCUT2D eigenvalue weighted by molar-refractivity contribution is 0.0936. The summed E-state index contributed by atoms with van der Waals surface area (Å²) in [5.41, 5.74) is 2.16. The first kappa shape index (κ1) is 20.2. The summed E-state index contributed by atoms with van der Waals surface area (Å²) in [5, 5.41) is 5.48. The predicted molar refractivity (Wildman–Crippen MR) is 124 cm³/mol. The van der Waals surface area contributed by atoms with Gasteiger partial charge in [0.05, 0.1) is 18.4 Å². The number of nitrogens with zero attached hydrogens (tertiary/aromatic N) is 4. The highest BCUT2D eigenvalue weighted by Crippen LogP contribution is 2.29. The van der Waals surface area contributed by atoms with E-state index in [0.717, 1.165) is 23.8 Å². The molecule has 0 amide bonds. The normalized spacial score (nSPS) is 16.2. The minimum atomic E-state index is -0.204. The quantitative estimate of drug-likeness (QED) is 0.267. The maximum Gasteiger partial charge on any atom is 0.297 e.